The first-order chi connectivity index (χ1) is 9.76. The van der Waals surface area contributed by atoms with Gasteiger partial charge in [0, 0.05) is 25.3 Å². The fourth-order valence-corrected chi connectivity index (χ4v) is 3.14. The monoisotopic (exact) mass is 275 g/mol. The van der Waals surface area contributed by atoms with E-state index in [1.165, 1.54) is 55.8 Å². The number of piperidine rings is 1. The van der Waals surface area contributed by atoms with Crippen LogP contribution < -0.4 is 10.2 Å². The number of hydrogen-bond donors (Lipinski definition) is 1. The number of aryl methyl sites for hydroxylation is 1. The lowest BCUT2D eigenvalue weighted by Crippen LogP contribution is -2.34. The minimum Gasteiger partial charge on any atom is -0.357 e. The molecule has 1 aliphatic heterocycles. The second-order valence-electron chi connectivity index (χ2n) is 5.93. The largest absolute Gasteiger partial charge is 0.357 e. The van der Waals surface area contributed by atoms with Gasteiger partial charge in [-0.05, 0) is 49.9 Å². The van der Waals surface area contributed by atoms with E-state index in [1.807, 2.05) is 7.05 Å². The maximum absolute atomic E-state index is 4.83. The van der Waals surface area contributed by atoms with E-state index in [2.05, 4.69) is 36.2 Å². The van der Waals surface area contributed by atoms with Crippen molar-refractivity contribution in [3.63, 3.8) is 0 Å². The molecular weight excluding hydrogens is 246 g/mol. The lowest BCUT2D eigenvalue weighted by Gasteiger charge is -2.33. The Bertz CT molecular complexity index is 409. The Morgan fingerprint density at radius 2 is 2.00 bits per heavy atom. The molecule has 1 saturated heterocycles. The van der Waals surface area contributed by atoms with Crippen molar-refractivity contribution in [1.82, 2.24) is 10.3 Å². The second kappa shape index (κ2) is 7.63. The molecule has 3 heteroatoms. The minimum atomic E-state index is 0.925. The van der Waals surface area contributed by atoms with Gasteiger partial charge in [-0.3, -0.25) is 0 Å². The first kappa shape index (κ1) is 15.3. The van der Waals surface area contributed by atoms with E-state index in [1.54, 1.807) is 0 Å². The predicted molar refractivity (Wildman–Crippen MR) is 86.2 cm³/mol. The first-order valence-corrected chi connectivity index (χ1v) is 8.16. The number of hydrogen-bond acceptors (Lipinski definition) is 3. The van der Waals surface area contributed by atoms with Crippen molar-refractivity contribution in [2.24, 2.45) is 5.92 Å². The molecule has 1 fully saturated rings. The number of pyridine rings is 1. The maximum atomic E-state index is 4.83. The molecular formula is C17H29N3. The molecule has 0 saturated carbocycles. The van der Waals surface area contributed by atoms with Gasteiger partial charge >= 0.3 is 0 Å². The van der Waals surface area contributed by atoms with Crippen LogP contribution in [-0.2, 0) is 13.0 Å². The van der Waals surface area contributed by atoms with Crippen molar-refractivity contribution in [1.29, 1.82) is 0 Å². The molecule has 0 unspecified atom stereocenters. The third kappa shape index (κ3) is 3.95. The smallest absolute Gasteiger partial charge is 0.129 e. The summed E-state index contributed by atoms with van der Waals surface area (Å²) in [5.41, 5.74) is 2.56. The molecule has 0 atom stereocenters. The van der Waals surface area contributed by atoms with Crippen LogP contribution in [0.1, 0.15) is 50.8 Å². The van der Waals surface area contributed by atoms with E-state index in [0.29, 0.717) is 0 Å². The van der Waals surface area contributed by atoms with Crippen molar-refractivity contribution < 1.29 is 0 Å². The highest BCUT2D eigenvalue weighted by atomic mass is 15.2. The third-order valence-corrected chi connectivity index (χ3v) is 4.30. The normalized spacial score (nSPS) is 16.6. The summed E-state index contributed by atoms with van der Waals surface area (Å²) in [6, 6.07) is 4.49. The molecule has 2 heterocycles. The third-order valence-electron chi connectivity index (χ3n) is 4.30. The van der Waals surface area contributed by atoms with Crippen LogP contribution in [0.3, 0.4) is 0 Å². The summed E-state index contributed by atoms with van der Waals surface area (Å²) in [5.74, 6) is 2.12. The molecule has 2 rings (SSSR count). The molecule has 1 aliphatic rings. The predicted octanol–water partition coefficient (Wildman–Crippen LogP) is 3.38. The van der Waals surface area contributed by atoms with E-state index >= 15 is 0 Å². The van der Waals surface area contributed by atoms with Crippen LogP contribution in [0.5, 0.6) is 0 Å². The van der Waals surface area contributed by atoms with E-state index in [0.717, 1.165) is 18.9 Å². The van der Waals surface area contributed by atoms with Gasteiger partial charge < -0.3 is 10.2 Å². The summed E-state index contributed by atoms with van der Waals surface area (Å²) < 4.78 is 0. The topological polar surface area (TPSA) is 28.2 Å². The molecule has 0 spiro atoms. The molecule has 112 valence electrons. The second-order valence-corrected chi connectivity index (χ2v) is 5.93. The fourth-order valence-electron chi connectivity index (χ4n) is 3.14. The van der Waals surface area contributed by atoms with Gasteiger partial charge in [-0.15, -0.1) is 0 Å². The Morgan fingerprint density at radius 3 is 2.60 bits per heavy atom. The quantitative estimate of drug-likeness (QED) is 0.862. The SMILES string of the molecule is CCCC1CCN(c2cc(CNC)cc(CC)n2)CC1. The lowest BCUT2D eigenvalue weighted by molar-refractivity contribution is 0.377. The lowest BCUT2D eigenvalue weighted by atomic mass is 9.92. The summed E-state index contributed by atoms with van der Waals surface area (Å²) in [6.45, 7) is 7.74. The first-order valence-electron chi connectivity index (χ1n) is 8.16. The van der Waals surface area contributed by atoms with Gasteiger partial charge in [-0.25, -0.2) is 4.98 Å². The molecule has 0 bridgehead atoms. The van der Waals surface area contributed by atoms with Gasteiger partial charge in [0.1, 0.15) is 5.82 Å². The van der Waals surface area contributed by atoms with Gasteiger partial charge in [0.25, 0.3) is 0 Å². The zero-order valence-electron chi connectivity index (χ0n) is 13.3. The van der Waals surface area contributed by atoms with Crippen molar-refractivity contribution in [2.45, 2.75) is 52.5 Å². The van der Waals surface area contributed by atoms with Crippen LogP contribution >= 0.6 is 0 Å². The molecule has 0 aromatic carbocycles. The highest BCUT2D eigenvalue weighted by molar-refractivity contribution is 5.43. The van der Waals surface area contributed by atoms with Crippen molar-refractivity contribution >= 4 is 5.82 Å². The van der Waals surface area contributed by atoms with Crippen LogP contribution in [0.15, 0.2) is 12.1 Å². The molecule has 1 N–H and O–H groups in total. The van der Waals surface area contributed by atoms with Gasteiger partial charge in [0.05, 0.1) is 0 Å². The molecule has 0 aliphatic carbocycles. The highest BCUT2D eigenvalue weighted by Crippen LogP contribution is 2.25. The molecule has 20 heavy (non-hydrogen) atoms. The van der Waals surface area contributed by atoms with E-state index < -0.39 is 0 Å². The molecule has 0 radical (unpaired) electrons. The van der Waals surface area contributed by atoms with E-state index in [4.69, 9.17) is 4.98 Å². The molecule has 1 aromatic heterocycles. The number of aromatic nitrogens is 1. The zero-order valence-corrected chi connectivity index (χ0v) is 13.3. The van der Waals surface area contributed by atoms with Crippen LogP contribution in [0, 0.1) is 5.92 Å². The van der Waals surface area contributed by atoms with Gasteiger partial charge in [-0.2, -0.15) is 0 Å². The Hall–Kier alpha value is -1.09. The summed E-state index contributed by atoms with van der Waals surface area (Å²) >= 11 is 0. The van der Waals surface area contributed by atoms with Crippen molar-refractivity contribution in [2.75, 3.05) is 25.0 Å². The Kier molecular flexibility index (Phi) is 5.84. The summed E-state index contributed by atoms with van der Waals surface area (Å²) in [7, 11) is 2.00. The molecule has 1 aromatic rings. The zero-order chi connectivity index (χ0) is 14.4. The standard InChI is InChI=1S/C17H29N3/c1-4-6-14-7-9-20(10-8-14)17-12-15(13-18-3)11-16(5-2)19-17/h11-12,14,18H,4-10,13H2,1-3H3. The van der Waals surface area contributed by atoms with Crippen LogP contribution in [0.2, 0.25) is 0 Å². The number of anilines is 1. The van der Waals surface area contributed by atoms with Crippen molar-refractivity contribution in [3.8, 4) is 0 Å². The van der Waals surface area contributed by atoms with Gasteiger partial charge in [-0.1, -0.05) is 26.7 Å². The average molecular weight is 275 g/mol. The average Bonchev–Trinajstić information content (AvgIpc) is 2.48. The maximum Gasteiger partial charge on any atom is 0.129 e. The molecule has 3 nitrogen and oxygen atoms in total. The summed E-state index contributed by atoms with van der Waals surface area (Å²) in [5, 5.41) is 3.24. The number of nitrogens with one attached hydrogen (secondary N) is 1. The number of nitrogens with zero attached hydrogens (tertiary/aromatic N) is 2. The van der Waals surface area contributed by atoms with Crippen LogP contribution in [-0.4, -0.2) is 25.1 Å². The van der Waals surface area contributed by atoms with Crippen LogP contribution in [0.4, 0.5) is 5.82 Å². The van der Waals surface area contributed by atoms with E-state index in [-0.39, 0.29) is 0 Å². The molecule has 0 amide bonds. The fraction of sp³-hybridized carbons (Fsp3) is 0.706. The Morgan fingerprint density at radius 1 is 1.25 bits per heavy atom. The Labute approximate surface area is 123 Å². The highest BCUT2D eigenvalue weighted by Gasteiger charge is 2.20. The van der Waals surface area contributed by atoms with Gasteiger partial charge in [0.2, 0.25) is 0 Å². The van der Waals surface area contributed by atoms with Gasteiger partial charge in [0.15, 0.2) is 0 Å². The summed E-state index contributed by atoms with van der Waals surface area (Å²) in [4.78, 5) is 7.30. The van der Waals surface area contributed by atoms with Crippen LogP contribution in [0.25, 0.3) is 0 Å². The number of rotatable bonds is 6. The Balaban J connectivity index is 2.06. The summed E-state index contributed by atoms with van der Waals surface area (Å²) in [6.07, 6.45) is 6.37. The minimum absolute atomic E-state index is 0.925. The van der Waals surface area contributed by atoms with Crippen molar-refractivity contribution in [3.05, 3.63) is 23.4 Å². The van der Waals surface area contributed by atoms with E-state index in [9.17, 15) is 0 Å².